The highest BCUT2D eigenvalue weighted by Gasteiger charge is 2.22. The summed E-state index contributed by atoms with van der Waals surface area (Å²) < 4.78 is 18.3. The molecule has 2 unspecified atom stereocenters. The molecule has 0 radical (unpaired) electrons. The van der Waals surface area contributed by atoms with Crippen LogP contribution in [0.1, 0.15) is 11.6 Å². The number of hydrogen-bond acceptors (Lipinski definition) is 4. The summed E-state index contributed by atoms with van der Waals surface area (Å²) in [6, 6.07) is 6.06. The Bertz CT molecular complexity index is 458. The zero-order valence-electron chi connectivity index (χ0n) is 12.4. The van der Waals surface area contributed by atoms with Crippen LogP contribution in [0.3, 0.4) is 0 Å². The van der Waals surface area contributed by atoms with Crippen LogP contribution < -0.4 is 10.6 Å². The lowest BCUT2D eigenvalue weighted by Crippen LogP contribution is -2.52. The minimum Gasteiger partial charge on any atom is -0.378 e. The standard InChI is InChI=1S/C15H22FN3O2/c1-19(2)14(11-3-5-12(16)6-4-11)9-18-15(20)13-10-21-8-7-17-13/h3-6,13-14,17H,7-10H2,1-2H3,(H,18,20). The van der Waals surface area contributed by atoms with E-state index in [-0.39, 0.29) is 23.8 Å². The van der Waals surface area contributed by atoms with Crippen molar-refractivity contribution in [3.05, 3.63) is 35.6 Å². The quantitative estimate of drug-likeness (QED) is 0.832. The fourth-order valence-corrected chi connectivity index (χ4v) is 2.34. The number of hydrogen-bond donors (Lipinski definition) is 2. The maximum atomic E-state index is 13.0. The fraction of sp³-hybridized carbons (Fsp3) is 0.533. The van der Waals surface area contributed by atoms with Crippen molar-refractivity contribution in [2.45, 2.75) is 12.1 Å². The molecular formula is C15H22FN3O2. The molecule has 1 aromatic carbocycles. The van der Waals surface area contributed by atoms with Crippen LogP contribution in [0.2, 0.25) is 0 Å². The minimum absolute atomic E-state index is 0.000871. The number of nitrogens with zero attached hydrogens (tertiary/aromatic N) is 1. The Kier molecular flexibility index (Phi) is 5.67. The highest BCUT2D eigenvalue weighted by atomic mass is 19.1. The highest BCUT2D eigenvalue weighted by Crippen LogP contribution is 2.17. The minimum atomic E-state index is -0.296. The summed E-state index contributed by atoms with van der Waals surface area (Å²) in [7, 11) is 3.87. The summed E-state index contributed by atoms with van der Waals surface area (Å²) in [4.78, 5) is 14.1. The van der Waals surface area contributed by atoms with Crippen molar-refractivity contribution in [2.75, 3.05) is 40.4 Å². The van der Waals surface area contributed by atoms with E-state index in [1.54, 1.807) is 12.1 Å². The maximum Gasteiger partial charge on any atom is 0.239 e. The van der Waals surface area contributed by atoms with E-state index in [1.807, 2.05) is 19.0 Å². The molecule has 2 N–H and O–H groups in total. The second-order valence-corrected chi connectivity index (χ2v) is 5.36. The Morgan fingerprint density at radius 1 is 1.48 bits per heavy atom. The number of nitrogens with one attached hydrogen (secondary N) is 2. The number of benzene rings is 1. The van der Waals surface area contributed by atoms with E-state index in [2.05, 4.69) is 10.6 Å². The molecule has 1 aliphatic rings. The smallest absolute Gasteiger partial charge is 0.239 e. The van der Waals surface area contributed by atoms with Gasteiger partial charge in [-0.1, -0.05) is 12.1 Å². The fourth-order valence-electron chi connectivity index (χ4n) is 2.34. The molecule has 0 spiro atoms. The summed E-state index contributed by atoms with van der Waals surface area (Å²) in [5, 5.41) is 6.05. The molecule has 1 aromatic rings. The average Bonchev–Trinajstić information content (AvgIpc) is 2.49. The van der Waals surface area contributed by atoms with E-state index in [0.29, 0.717) is 26.3 Å². The van der Waals surface area contributed by atoms with Crippen molar-refractivity contribution in [1.82, 2.24) is 15.5 Å². The van der Waals surface area contributed by atoms with E-state index in [1.165, 1.54) is 12.1 Å². The van der Waals surface area contributed by atoms with Crippen LogP contribution in [0.5, 0.6) is 0 Å². The van der Waals surface area contributed by atoms with Gasteiger partial charge in [0.15, 0.2) is 0 Å². The van der Waals surface area contributed by atoms with Gasteiger partial charge in [0.1, 0.15) is 11.9 Å². The van der Waals surface area contributed by atoms with Gasteiger partial charge in [-0.15, -0.1) is 0 Å². The monoisotopic (exact) mass is 295 g/mol. The van der Waals surface area contributed by atoms with Gasteiger partial charge >= 0.3 is 0 Å². The van der Waals surface area contributed by atoms with Crippen molar-refractivity contribution in [2.24, 2.45) is 0 Å². The van der Waals surface area contributed by atoms with Gasteiger partial charge in [-0.3, -0.25) is 4.79 Å². The molecular weight excluding hydrogens is 273 g/mol. The second kappa shape index (κ2) is 7.49. The summed E-state index contributed by atoms with van der Waals surface area (Å²) in [6.45, 7) is 2.19. The first kappa shape index (κ1) is 15.9. The predicted octanol–water partition coefficient (Wildman–Crippen LogP) is 0.533. The molecule has 1 amide bonds. The average molecular weight is 295 g/mol. The number of carbonyl (C=O) groups is 1. The van der Waals surface area contributed by atoms with Gasteiger partial charge in [0.2, 0.25) is 5.91 Å². The van der Waals surface area contributed by atoms with Gasteiger partial charge in [0.05, 0.1) is 19.3 Å². The third-order valence-electron chi connectivity index (χ3n) is 3.59. The van der Waals surface area contributed by atoms with Gasteiger partial charge < -0.3 is 20.3 Å². The Labute approximate surface area is 124 Å². The van der Waals surface area contributed by atoms with Crippen molar-refractivity contribution < 1.29 is 13.9 Å². The molecule has 0 aliphatic carbocycles. The Morgan fingerprint density at radius 3 is 2.76 bits per heavy atom. The predicted molar refractivity (Wildman–Crippen MR) is 78.4 cm³/mol. The summed E-state index contributed by atoms with van der Waals surface area (Å²) in [6.07, 6.45) is 0. The van der Waals surface area contributed by atoms with Crippen LogP contribution in [0.15, 0.2) is 24.3 Å². The number of morpholine rings is 1. The third-order valence-corrected chi connectivity index (χ3v) is 3.59. The lowest BCUT2D eigenvalue weighted by molar-refractivity contribution is -0.126. The summed E-state index contributed by atoms with van der Waals surface area (Å²) in [5.41, 5.74) is 0.967. The van der Waals surface area contributed by atoms with Crippen LogP contribution in [-0.2, 0) is 9.53 Å². The molecule has 0 bridgehead atoms. The Morgan fingerprint density at radius 2 is 2.19 bits per heavy atom. The second-order valence-electron chi connectivity index (χ2n) is 5.36. The number of halogens is 1. The molecule has 1 heterocycles. The summed E-state index contributed by atoms with van der Waals surface area (Å²) >= 11 is 0. The van der Waals surface area contributed by atoms with Gasteiger partial charge in [-0.05, 0) is 31.8 Å². The first-order chi connectivity index (χ1) is 10.1. The van der Waals surface area contributed by atoms with Gasteiger partial charge in [-0.2, -0.15) is 0 Å². The van der Waals surface area contributed by atoms with Crippen LogP contribution in [0.25, 0.3) is 0 Å². The molecule has 2 rings (SSSR count). The molecule has 1 fully saturated rings. The Hall–Kier alpha value is -1.50. The molecule has 1 aliphatic heterocycles. The van der Waals surface area contributed by atoms with Crippen LogP contribution in [-0.4, -0.2) is 57.2 Å². The van der Waals surface area contributed by atoms with Crippen molar-refractivity contribution in [1.29, 1.82) is 0 Å². The van der Waals surface area contributed by atoms with Crippen LogP contribution >= 0.6 is 0 Å². The van der Waals surface area contributed by atoms with Crippen molar-refractivity contribution in [3.8, 4) is 0 Å². The lowest BCUT2D eigenvalue weighted by atomic mass is 10.1. The molecule has 5 nitrogen and oxygen atoms in total. The number of carbonyl (C=O) groups excluding carboxylic acids is 1. The number of rotatable bonds is 5. The zero-order valence-corrected chi connectivity index (χ0v) is 12.4. The molecule has 0 aromatic heterocycles. The van der Waals surface area contributed by atoms with E-state index < -0.39 is 0 Å². The first-order valence-electron chi connectivity index (χ1n) is 7.08. The Balaban J connectivity index is 1.93. The normalized spacial score (nSPS) is 20.3. The van der Waals surface area contributed by atoms with Crippen LogP contribution in [0.4, 0.5) is 4.39 Å². The molecule has 2 atom stereocenters. The number of likely N-dealkylation sites (N-methyl/N-ethyl adjacent to an activating group) is 1. The van der Waals surface area contributed by atoms with E-state index in [4.69, 9.17) is 4.74 Å². The van der Waals surface area contributed by atoms with Gasteiger partial charge in [0.25, 0.3) is 0 Å². The third kappa shape index (κ3) is 4.49. The molecule has 116 valence electrons. The van der Waals surface area contributed by atoms with E-state index in [0.717, 1.165) is 5.56 Å². The molecule has 1 saturated heterocycles. The SMILES string of the molecule is CN(C)C(CNC(=O)C1COCCN1)c1ccc(F)cc1. The molecule has 0 saturated carbocycles. The lowest BCUT2D eigenvalue weighted by Gasteiger charge is -2.27. The molecule has 21 heavy (non-hydrogen) atoms. The number of ether oxygens (including phenoxy) is 1. The summed E-state index contributed by atoms with van der Waals surface area (Å²) in [5.74, 6) is -0.326. The van der Waals surface area contributed by atoms with Crippen LogP contribution in [0, 0.1) is 5.82 Å². The maximum absolute atomic E-state index is 13.0. The van der Waals surface area contributed by atoms with Gasteiger partial charge in [0, 0.05) is 13.1 Å². The molecule has 6 heteroatoms. The topological polar surface area (TPSA) is 53.6 Å². The highest BCUT2D eigenvalue weighted by molar-refractivity contribution is 5.82. The van der Waals surface area contributed by atoms with Crippen molar-refractivity contribution in [3.63, 3.8) is 0 Å². The van der Waals surface area contributed by atoms with E-state index in [9.17, 15) is 9.18 Å². The van der Waals surface area contributed by atoms with Gasteiger partial charge in [-0.25, -0.2) is 4.39 Å². The number of amides is 1. The van der Waals surface area contributed by atoms with E-state index >= 15 is 0 Å². The van der Waals surface area contributed by atoms with Crippen molar-refractivity contribution >= 4 is 5.91 Å². The zero-order chi connectivity index (χ0) is 15.2. The first-order valence-corrected chi connectivity index (χ1v) is 7.08. The largest absolute Gasteiger partial charge is 0.378 e.